The van der Waals surface area contributed by atoms with Gasteiger partial charge in [-0.3, -0.25) is 4.57 Å². The summed E-state index contributed by atoms with van der Waals surface area (Å²) in [6.45, 7) is 4.74. The van der Waals surface area contributed by atoms with Crippen LogP contribution in [0.3, 0.4) is 0 Å². The van der Waals surface area contributed by atoms with Crippen LogP contribution in [0.15, 0.2) is 140 Å². The maximum atomic E-state index is 5.07. The third-order valence-electron chi connectivity index (χ3n) is 10.2. The topological polar surface area (TPSA) is 30.7 Å². The van der Waals surface area contributed by atoms with Crippen molar-refractivity contribution in [2.75, 3.05) is 0 Å². The first-order valence-corrected chi connectivity index (χ1v) is 15.9. The minimum Gasteiger partial charge on any atom is -0.278 e. The number of para-hydroxylation sites is 2. The lowest BCUT2D eigenvalue weighted by atomic mass is 9.81. The molecule has 3 heteroatoms. The Morgan fingerprint density at radius 2 is 1.26 bits per heavy atom. The number of rotatable bonds is 2. The van der Waals surface area contributed by atoms with E-state index < -0.39 is 0 Å². The van der Waals surface area contributed by atoms with Gasteiger partial charge in [0.2, 0.25) is 5.95 Å². The van der Waals surface area contributed by atoms with Crippen molar-refractivity contribution >= 4 is 54.3 Å². The van der Waals surface area contributed by atoms with E-state index in [2.05, 4.69) is 140 Å². The van der Waals surface area contributed by atoms with Gasteiger partial charge in [-0.05, 0) is 79.2 Å². The van der Waals surface area contributed by atoms with E-state index in [4.69, 9.17) is 9.97 Å². The molecule has 1 aliphatic carbocycles. The molecule has 0 bridgehead atoms. The van der Waals surface area contributed by atoms with E-state index in [1.54, 1.807) is 0 Å². The van der Waals surface area contributed by atoms with E-state index in [0.717, 1.165) is 21.9 Å². The molecule has 0 aliphatic heterocycles. The van der Waals surface area contributed by atoms with Crippen LogP contribution in [-0.2, 0) is 5.41 Å². The van der Waals surface area contributed by atoms with Gasteiger partial charge in [0.1, 0.15) is 0 Å². The molecule has 10 rings (SSSR count). The van der Waals surface area contributed by atoms with Crippen molar-refractivity contribution in [3.8, 4) is 28.2 Å². The number of nitrogens with zero attached hydrogens (tertiary/aromatic N) is 3. The quantitative estimate of drug-likeness (QED) is 0.201. The molecule has 0 unspecified atom stereocenters. The minimum absolute atomic E-state index is 0.113. The molecule has 0 atom stereocenters. The van der Waals surface area contributed by atoms with Gasteiger partial charge >= 0.3 is 0 Å². The first-order chi connectivity index (χ1) is 22.6. The first-order valence-electron chi connectivity index (χ1n) is 15.9. The number of hydrogen-bond donors (Lipinski definition) is 0. The number of benzene rings is 7. The molecular formula is C43H29N3. The summed E-state index contributed by atoms with van der Waals surface area (Å²) in [5.41, 5.74) is 11.0. The maximum Gasteiger partial charge on any atom is 0.235 e. The van der Waals surface area contributed by atoms with Crippen LogP contribution in [-0.4, -0.2) is 14.5 Å². The summed E-state index contributed by atoms with van der Waals surface area (Å²) < 4.78 is 2.24. The molecule has 7 aromatic carbocycles. The summed E-state index contributed by atoms with van der Waals surface area (Å²) >= 11 is 0. The highest BCUT2D eigenvalue weighted by Gasteiger charge is 2.36. The molecule has 0 radical (unpaired) electrons. The first kappa shape index (κ1) is 25.5. The van der Waals surface area contributed by atoms with E-state index in [9.17, 15) is 0 Å². The number of fused-ring (bicyclic) bond motifs is 11. The summed E-state index contributed by atoms with van der Waals surface area (Å²) in [6, 6.07) is 48.5. The number of hydrogen-bond acceptors (Lipinski definition) is 2. The Bertz CT molecular complexity index is 2730. The van der Waals surface area contributed by atoms with Crippen molar-refractivity contribution in [1.82, 2.24) is 14.5 Å². The van der Waals surface area contributed by atoms with E-state index in [0.29, 0.717) is 5.95 Å². The van der Waals surface area contributed by atoms with E-state index in [1.807, 2.05) is 18.3 Å². The molecule has 46 heavy (non-hydrogen) atoms. The van der Waals surface area contributed by atoms with Gasteiger partial charge in [-0.15, -0.1) is 0 Å². The molecule has 9 aromatic rings. The lowest BCUT2D eigenvalue weighted by Crippen LogP contribution is -2.15. The second-order valence-corrected chi connectivity index (χ2v) is 13.0. The minimum atomic E-state index is -0.113. The molecule has 0 saturated heterocycles. The van der Waals surface area contributed by atoms with Gasteiger partial charge < -0.3 is 0 Å². The van der Waals surface area contributed by atoms with E-state index >= 15 is 0 Å². The molecule has 216 valence electrons. The van der Waals surface area contributed by atoms with Gasteiger partial charge in [0.25, 0.3) is 0 Å². The monoisotopic (exact) mass is 587 g/mol. The van der Waals surface area contributed by atoms with Crippen LogP contribution in [0.4, 0.5) is 0 Å². The summed E-state index contributed by atoms with van der Waals surface area (Å²) in [5, 5.41) is 8.56. The highest BCUT2D eigenvalue weighted by atomic mass is 15.2. The third kappa shape index (κ3) is 3.37. The van der Waals surface area contributed by atoms with Crippen LogP contribution in [0.1, 0.15) is 25.0 Å². The molecule has 0 spiro atoms. The normalized spacial score (nSPS) is 13.6. The SMILES string of the molecule is CC1(C)c2cc(-c3cc4c(c5ccccc35)c3ccccc3n4-c3ncc4ccccc4n3)ccc2-c2c1ccc1ccccc21. The zero-order valence-corrected chi connectivity index (χ0v) is 25.6. The molecule has 0 fully saturated rings. The number of aromatic nitrogens is 3. The maximum absolute atomic E-state index is 5.07. The van der Waals surface area contributed by atoms with Crippen molar-refractivity contribution in [3.63, 3.8) is 0 Å². The fourth-order valence-electron chi connectivity index (χ4n) is 8.03. The van der Waals surface area contributed by atoms with Gasteiger partial charge in [0.15, 0.2) is 0 Å². The Kier molecular flexibility index (Phi) is 5.06. The van der Waals surface area contributed by atoms with Crippen LogP contribution in [0.5, 0.6) is 0 Å². The predicted molar refractivity (Wildman–Crippen MR) is 192 cm³/mol. The van der Waals surface area contributed by atoms with Crippen LogP contribution in [0.25, 0.3) is 82.5 Å². The summed E-state index contributed by atoms with van der Waals surface area (Å²) in [4.78, 5) is 9.96. The van der Waals surface area contributed by atoms with Crippen molar-refractivity contribution in [2.45, 2.75) is 19.3 Å². The van der Waals surface area contributed by atoms with Crippen molar-refractivity contribution < 1.29 is 0 Å². The second kappa shape index (κ2) is 9.12. The predicted octanol–water partition coefficient (Wildman–Crippen LogP) is 11.0. The Morgan fingerprint density at radius 3 is 2.13 bits per heavy atom. The molecule has 0 N–H and O–H groups in total. The molecular weight excluding hydrogens is 558 g/mol. The Labute approximate surface area is 266 Å². The van der Waals surface area contributed by atoms with Gasteiger partial charge in [-0.25, -0.2) is 9.97 Å². The van der Waals surface area contributed by atoms with E-state index in [-0.39, 0.29) is 5.41 Å². The van der Waals surface area contributed by atoms with Crippen molar-refractivity contribution in [3.05, 3.63) is 151 Å². The largest absolute Gasteiger partial charge is 0.278 e. The van der Waals surface area contributed by atoms with Crippen LogP contribution < -0.4 is 0 Å². The Hall–Kier alpha value is -5.80. The molecule has 1 aliphatic rings. The van der Waals surface area contributed by atoms with Gasteiger partial charge in [0.05, 0.1) is 16.6 Å². The third-order valence-corrected chi connectivity index (χ3v) is 10.2. The zero-order valence-electron chi connectivity index (χ0n) is 25.6. The summed E-state index contributed by atoms with van der Waals surface area (Å²) in [5.74, 6) is 0.684. The van der Waals surface area contributed by atoms with E-state index in [1.165, 1.54) is 65.7 Å². The smallest absolute Gasteiger partial charge is 0.235 e. The average Bonchev–Trinajstić information content (AvgIpc) is 3.56. The van der Waals surface area contributed by atoms with Gasteiger partial charge in [-0.1, -0.05) is 123 Å². The average molecular weight is 588 g/mol. The molecule has 2 aromatic heterocycles. The highest BCUT2D eigenvalue weighted by Crippen LogP contribution is 2.52. The lowest BCUT2D eigenvalue weighted by Gasteiger charge is -2.22. The molecule has 3 nitrogen and oxygen atoms in total. The fourth-order valence-corrected chi connectivity index (χ4v) is 8.03. The zero-order chi connectivity index (χ0) is 30.6. The van der Waals surface area contributed by atoms with Crippen LogP contribution >= 0.6 is 0 Å². The fraction of sp³-hybridized carbons (Fsp3) is 0.0698. The summed E-state index contributed by atoms with van der Waals surface area (Å²) in [6.07, 6.45) is 1.93. The molecule has 0 amide bonds. The highest BCUT2D eigenvalue weighted by molar-refractivity contribution is 6.24. The Balaban J connectivity index is 1.28. The van der Waals surface area contributed by atoms with Crippen molar-refractivity contribution in [2.24, 2.45) is 0 Å². The molecule has 2 heterocycles. The Morgan fingerprint density at radius 1 is 0.543 bits per heavy atom. The van der Waals surface area contributed by atoms with Gasteiger partial charge in [-0.2, -0.15) is 0 Å². The second-order valence-electron chi connectivity index (χ2n) is 13.0. The van der Waals surface area contributed by atoms with Crippen LogP contribution in [0.2, 0.25) is 0 Å². The van der Waals surface area contributed by atoms with Crippen molar-refractivity contribution in [1.29, 1.82) is 0 Å². The van der Waals surface area contributed by atoms with Crippen LogP contribution in [0, 0.1) is 0 Å². The van der Waals surface area contributed by atoms with Gasteiger partial charge in [0, 0.05) is 27.8 Å². The lowest BCUT2D eigenvalue weighted by molar-refractivity contribution is 0.661. The standard InChI is InChI=1S/C43H29N3/c1-43(2)35-22-20-26-11-3-5-13-29(26)40(35)32-21-19-27(23-36(32)43)34-24-39-41(31-15-7-6-14-30(31)34)33-16-8-10-18-38(33)46(39)42-44-25-28-12-4-9-17-37(28)45-42/h3-25H,1-2H3. The summed E-state index contributed by atoms with van der Waals surface area (Å²) in [7, 11) is 0. The molecule has 0 saturated carbocycles.